The molecule has 1 aromatic heterocycles. The standard InChI is InChI=1S/C17H16ClN5O2/c1-25-16-13(18)8-5-9-14(16)21-17(24)19-10-15-22-20-11-23(15)12-6-3-2-4-7-12/h2-9,11H,10H2,1H3,(H2,19,21,24). The highest BCUT2D eigenvalue weighted by molar-refractivity contribution is 6.32. The summed E-state index contributed by atoms with van der Waals surface area (Å²) in [5.74, 6) is 1.02. The van der Waals surface area contributed by atoms with Crippen molar-refractivity contribution in [2.75, 3.05) is 12.4 Å². The number of hydrogen-bond donors (Lipinski definition) is 2. The van der Waals surface area contributed by atoms with Crippen molar-refractivity contribution in [3.8, 4) is 11.4 Å². The van der Waals surface area contributed by atoms with Gasteiger partial charge in [0.25, 0.3) is 0 Å². The molecule has 0 saturated carbocycles. The number of carbonyl (C=O) groups is 1. The summed E-state index contributed by atoms with van der Waals surface area (Å²) in [6.07, 6.45) is 1.60. The van der Waals surface area contributed by atoms with E-state index in [2.05, 4.69) is 20.8 Å². The van der Waals surface area contributed by atoms with Gasteiger partial charge in [-0.15, -0.1) is 10.2 Å². The first kappa shape index (κ1) is 16.8. The number of methoxy groups -OCH3 is 1. The lowest BCUT2D eigenvalue weighted by Gasteiger charge is -2.12. The molecule has 25 heavy (non-hydrogen) atoms. The molecule has 2 amide bonds. The highest BCUT2D eigenvalue weighted by atomic mass is 35.5. The predicted octanol–water partition coefficient (Wildman–Crippen LogP) is 3.25. The number of rotatable bonds is 5. The van der Waals surface area contributed by atoms with Crippen LogP contribution in [0.3, 0.4) is 0 Å². The fourth-order valence-electron chi connectivity index (χ4n) is 2.32. The average molecular weight is 358 g/mol. The van der Waals surface area contributed by atoms with Gasteiger partial charge in [0.15, 0.2) is 11.6 Å². The number of benzene rings is 2. The zero-order chi connectivity index (χ0) is 17.6. The van der Waals surface area contributed by atoms with Crippen molar-refractivity contribution in [3.63, 3.8) is 0 Å². The van der Waals surface area contributed by atoms with Gasteiger partial charge >= 0.3 is 6.03 Å². The van der Waals surface area contributed by atoms with E-state index in [1.54, 1.807) is 29.1 Å². The fraction of sp³-hybridized carbons (Fsp3) is 0.118. The molecule has 2 aromatic carbocycles. The predicted molar refractivity (Wildman–Crippen MR) is 95.2 cm³/mol. The molecule has 0 spiro atoms. The molecular formula is C17H16ClN5O2. The molecular weight excluding hydrogens is 342 g/mol. The number of nitrogens with zero attached hydrogens (tertiary/aromatic N) is 3. The second-order valence-corrected chi connectivity index (χ2v) is 5.49. The van der Waals surface area contributed by atoms with Gasteiger partial charge in [-0.05, 0) is 24.3 Å². The van der Waals surface area contributed by atoms with Crippen LogP contribution in [-0.2, 0) is 6.54 Å². The zero-order valence-corrected chi connectivity index (χ0v) is 14.2. The summed E-state index contributed by atoms with van der Waals surface area (Å²) < 4.78 is 7.01. The van der Waals surface area contributed by atoms with Crippen molar-refractivity contribution in [1.82, 2.24) is 20.1 Å². The fourth-order valence-corrected chi connectivity index (χ4v) is 2.58. The lowest BCUT2D eigenvalue weighted by molar-refractivity contribution is 0.251. The van der Waals surface area contributed by atoms with Crippen LogP contribution in [0.25, 0.3) is 5.69 Å². The maximum Gasteiger partial charge on any atom is 0.319 e. The van der Waals surface area contributed by atoms with Crippen LogP contribution >= 0.6 is 11.6 Å². The summed E-state index contributed by atoms with van der Waals surface area (Å²) >= 11 is 6.04. The topological polar surface area (TPSA) is 81.1 Å². The first-order valence-corrected chi connectivity index (χ1v) is 7.88. The van der Waals surface area contributed by atoms with Gasteiger partial charge in [0.2, 0.25) is 0 Å². The molecule has 128 valence electrons. The Morgan fingerprint density at radius 3 is 2.76 bits per heavy atom. The summed E-state index contributed by atoms with van der Waals surface area (Å²) in [6.45, 7) is 0.212. The molecule has 0 saturated heterocycles. The second kappa shape index (κ2) is 7.67. The second-order valence-electron chi connectivity index (χ2n) is 5.08. The summed E-state index contributed by atoms with van der Waals surface area (Å²) in [4.78, 5) is 12.2. The third-order valence-electron chi connectivity index (χ3n) is 3.48. The SMILES string of the molecule is COc1c(Cl)cccc1NC(=O)NCc1nncn1-c1ccccc1. The summed E-state index contributed by atoms with van der Waals surface area (Å²) in [5, 5.41) is 13.8. The van der Waals surface area contributed by atoms with E-state index in [1.807, 2.05) is 30.3 Å². The molecule has 3 aromatic rings. The summed E-state index contributed by atoms with van der Waals surface area (Å²) in [7, 11) is 1.49. The number of urea groups is 1. The molecule has 0 radical (unpaired) electrons. The van der Waals surface area contributed by atoms with Crippen LogP contribution in [-0.4, -0.2) is 27.9 Å². The molecule has 0 unspecified atom stereocenters. The Labute approximate surface area is 149 Å². The van der Waals surface area contributed by atoms with Gasteiger partial charge in [0.05, 0.1) is 24.4 Å². The van der Waals surface area contributed by atoms with Gasteiger partial charge in [-0.3, -0.25) is 4.57 Å². The smallest absolute Gasteiger partial charge is 0.319 e. The van der Waals surface area contributed by atoms with Gasteiger partial charge < -0.3 is 15.4 Å². The van der Waals surface area contributed by atoms with E-state index >= 15 is 0 Å². The molecule has 7 nitrogen and oxygen atoms in total. The first-order chi connectivity index (χ1) is 12.2. The number of anilines is 1. The van der Waals surface area contributed by atoms with E-state index in [-0.39, 0.29) is 6.54 Å². The largest absolute Gasteiger partial charge is 0.493 e. The Morgan fingerprint density at radius 2 is 2.00 bits per heavy atom. The van der Waals surface area contributed by atoms with Crippen LogP contribution in [0.2, 0.25) is 5.02 Å². The summed E-state index contributed by atoms with van der Waals surface area (Å²) in [6, 6.07) is 14.4. The Bertz CT molecular complexity index is 866. The van der Waals surface area contributed by atoms with Crippen LogP contribution < -0.4 is 15.4 Å². The molecule has 3 rings (SSSR count). The van der Waals surface area contributed by atoms with Gasteiger partial charge in [0.1, 0.15) is 6.33 Å². The molecule has 1 heterocycles. The molecule has 0 aliphatic carbocycles. The molecule has 0 fully saturated rings. The maximum absolute atomic E-state index is 12.2. The molecule has 0 aliphatic rings. The highest BCUT2D eigenvalue weighted by Gasteiger charge is 2.12. The quantitative estimate of drug-likeness (QED) is 0.734. The van der Waals surface area contributed by atoms with Crippen LogP contribution in [0, 0.1) is 0 Å². The highest BCUT2D eigenvalue weighted by Crippen LogP contribution is 2.32. The van der Waals surface area contributed by atoms with Gasteiger partial charge in [-0.25, -0.2) is 4.79 Å². The molecule has 8 heteroatoms. The summed E-state index contributed by atoms with van der Waals surface area (Å²) in [5.41, 5.74) is 1.40. The molecule has 0 bridgehead atoms. The number of para-hydroxylation sites is 2. The van der Waals surface area contributed by atoms with E-state index < -0.39 is 6.03 Å². The number of ether oxygens (including phenoxy) is 1. The minimum atomic E-state index is -0.400. The lowest BCUT2D eigenvalue weighted by Crippen LogP contribution is -2.29. The zero-order valence-electron chi connectivity index (χ0n) is 13.4. The van der Waals surface area contributed by atoms with Gasteiger partial charge in [-0.1, -0.05) is 35.9 Å². The van der Waals surface area contributed by atoms with Crippen molar-refractivity contribution in [1.29, 1.82) is 0 Å². The minimum absolute atomic E-state index is 0.212. The van der Waals surface area contributed by atoms with E-state index in [4.69, 9.17) is 16.3 Å². The third-order valence-corrected chi connectivity index (χ3v) is 3.78. The monoisotopic (exact) mass is 357 g/mol. The van der Waals surface area contributed by atoms with Crippen LogP contribution in [0.5, 0.6) is 5.75 Å². The Kier molecular flexibility index (Phi) is 5.15. The van der Waals surface area contributed by atoms with Crippen LogP contribution in [0.15, 0.2) is 54.9 Å². The van der Waals surface area contributed by atoms with Crippen molar-refractivity contribution in [3.05, 3.63) is 65.7 Å². The minimum Gasteiger partial charge on any atom is -0.493 e. The van der Waals surface area contributed by atoms with E-state index in [9.17, 15) is 4.79 Å². The Hall–Kier alpha value is -3.06. The van der Waals surface area contributed by atoms with Crippen molar-refractivity contribution in [2.45, 2.75) is 6.54 Å². The number of hydrogen-bond acceptors (Lipinski definition) is 4. The van der Waals surface area contributed by atoms with Crippen molar-refractivity contribution < 1.29 is 9.53 Å². The molecule has 0 atom stereocenters. The molecule has 2 N–H and O–H groups in total. The van der Waals surface area contributed by atoms with E-state index in [0.717, 1.165) is 5.69 Å². The van der Waals surface area contributed by atoms with Crippen molar-refractivity contribution in [2.24, 2.45) is 0 Å². The average Bonchev–Trinajstić information content (AvgIpc) is 3.09. The normalized spacial score (nSPS) is 10.3. The number of nitrogens with one attached hydrogen (secondary N) is 2. The number of aromatic nitrogens is 3. The van der Waals surface area contributed by atoms with Gasteiger partial charge in [-0.2, -0.15) is 0 Å². The van der Waals surface area contributed by atoms with E-state index in [0.29, 0.717) is 22.3 Å². The third kappa shape index (κ3) is 3.89. The Balaban J connectivity index is 1.66. The maximum atomic E-state index is 12.2. The number of carbonyl (C=O) groups excluding carboxylic acids is 1. The van der Waals surface area contributed by atoms with Crippen LogP contribution in [0.4, 0.5) is 10.5 Å². The van der Waals surface area contributed by atoms with E-state index in [1.165, 1.54) is 7.11 Å². The van der Waals surface area contributed by atoms with Gasteiger partial charge in [0, 0.05) is 5.69 Å². The first-order valence-electron chi connectivity index (χ1n) is 7.50. The van der Waals surface area contributed by atoms with Crippen molar-refractivity contribution >= 4 is 23.3 Å². The lowest BCUT2D eigenvalue weighted by atomic mass is 10.3. The number of halogens is 1. The van der Waals surface area contributed by atoms with Crippen LogP contribution in [0.1, 0.15) is 5.82 Å². The Morgan fingerprint density at radius 1 is 1.20 bits per heavy atom. The number of amides is 2. The molecule has 0 aliphatic heterocycles.